The highest BCUT2D eigenvalue weighted by atomic mass is 32.2. The molecule has 1 heterocycles. The molecule has 2 aromatic carbocycles. The maximum atomic E-state index is 11.9. The lowest BCUT2D eigenvalue weighted by molar-refractivity contribution is -0.118. The number of thioether (sulfide) groups is 2. The van der Waals surface area contributed by atoms with Crippen molar-refractivity contribution in [3.8, 4) is 11.5 Å². The van der Waals surface area contributed by atoms with E-state index in [2.05, 4.69) is 32.9 Å². The first-order chi connectivity index (χ1) is 13.6. The Morgan fingerprint density at radius 1 is 1.07 bits per heavy atom. The molecule has 3 aromatic rings. The van der Waals surface area contributed by atoms with Gasteiger partial charge >= 0.3 is 0 Å². The molecule has 0 unspecified atom stereocenters. The van der Waals surface area contributed by atoms with Crippen molar-refractivity contribution in [2.45, 2.75) is 14.4 Å². The fourth-order valence-electron chi connectivity index (χ4n) is 1.99. The topological polar surface area (TPSA) is 108 Å². The molecule has 0 atom stereocenters. The minimum atomic E-state index is -0.280. The van der Waals surface area contributed by atoms with Gasteiger partial charge in [0.25, 0.3) is 5.91 Å². The lowest BCUT2D eigenvalue weighted by Gasteiger charge is -1.99. The average Bonchev–Trinajstić information content (AvgIpc) is 3.16. The van der Waals surface area contributed by atoms with Crippen LogP contribution in [0.1, 0.15) is 11.1 Å². The van der Waals surface area contributed by atoms with E-state index < -0.39 is 0 Å². The van der Waals surface area contributed by atoms with Crippen molar-refractivity contribution in [1.29, 1.82) is 0 Å². The van der Waals surface area contributed by atoms with Crippen molar-refractivity contribution in [3.63, 3.8) is 0 Å². The Kier molecular flexibility index (Phi) is 7.29. The van der Waals surface area contributed by atoms with Gasteiger partial charge in [0.15, 0.2) is 20.2 Å². The molecule has 144 valence electrons. The van der Waals surface area contributed by atoms with Gasteiger partial charge in [0.2, 0.25) is 0 Å². The van der Waals surface area contributed by atoms with Crippen molar-refractivity contribution < 1.29 is 15.0 Å². The second-order valence-corrected chi connectivity index (χ2v) is 8.86. The first kappa shape index (κ1) is 20.2. The van der Waals surface area contributed by atoms with E-state index in [1.165, 1.54) is 47.0 Å². The summed E-state index contributed by atoms with van der Waals surface area (Å²) in [6, 6.07) is 14.4. The molecule has 28 heavy (non-hydrogen) atoms. The van der Waals surface area contributed by atoms with Gasteiger partial charge < -0.3 is 10.2 Å². The Labute approximate surface area is 173 Å². The predicted molar refractivity (Wildman–Crippen MR) is 112 cm³/mol. The highest BCUT2D eigenvalue weighted by molar-refractivity contribution is 8.03. The Bertz CT molecular complexity index is 964. The number of carbonyl (C=O) groups excluding carboxylic acids is 1. The van der Waals surface area contributed by atoms with E-state index in [0.29, 0.717) is 5.56 Å². The van der Waals surface area contributed by atoms with Gasteiger partial charge in [-0.3, -0.25) is 4.79 Å². The van der Waals surface area contributed by atoms with Crippen LogP contribution in [0.3, 0.4) is 0 Å². The SMILES string of the molecule is O=C(CSc1nnc(SCc2ccccc2)s1)N/N=C/c1ccc(O)c(O)c1. The molecular formula is C18H16N4O3S3. The van der Waals surface area contributed by atoms with Crippen LogP contribution in [0, 0.1) is 0 Å². The van der Waals surface area contributed by atoms with Crippen molar-refractivity contribution in [1.82, 2.24) is 15.6 Å². The summed E-state index contributed by atoms with van der Waals surface area (Å²) in [5.41, 5.74) is 4.17. The molecule has 0 spiro atoms. The number of aromatic nitrogens is 2. The Morgan fingerprint density at radius 2 is 1.82 bits per heavy atom. The maximum absolute atomic E-state index is 11.9. The van der Waals surface area contributed by atoms with Gasteiger partial charge in [-0.05, 0) is 29.3 Å². The second kappa shape index (κ2) is 10.1. The molecule has 0 aliphatic heterocycles. The van der Waals surface area contributed by atoms with Crippen molar-refractivity contribution >= 4 is 47.0 Å². The normalized spacial score (nSPS) is 11.0. The summed E-state index contributed by atoms with van der Waals surface area (Å²) >= 11 is 4.36. The molecule has 1 amide bonds. The number of aromatic hydroxyl groups is 2. The van der Waals surface area contributed by atoms with Crippen molar-refractivity contribution in [2.24, 2.45) is 5.10 Å². The summed E-state index contributed by atoms with van der Waals surface area (Å²) < 4.78 is 1.58. The molecule has 10 heteroatoms. The standard InChI is InChI=1S/C18H16N4O3S3/c23-14-7-6-13(8-15(14)24)9-19-20-16(25)11-27-18-22-21-17(28-18)26-10-12-4-2-1-3-5-12/h1-9,23-24H,10-11H2,(H,20,25)/b19-9+. The number of carbonyl (C=O) groups is 1. The van der Waals surface area contributed by atoms with E-state index in [-0.39, 0.29) is 23.2 Å². The number of hydrogen-bond donors (Lipinski definition) is 3. The number of nitrogens with one attached hydrogen (secondary N) is 1. The van der Waals surface area contributed by atoms with Gasteiger partial charge in [0.1, 0.15) is 0 Å². The molecule has 0 radical (unpaired) electrons. The van der Waals surface area contributed by atoms with E-state index in [1.54, 1.807) is 17.8 Å². The van der Waals surface area contributed by atoms with Crippen molar-refractivity contribution in [2.75, 3.05) is 5.75 Å². The van der Waals surface area contributed by atoms with Crippen LogP contribution in [-0.2, 0) is 10.5 Å². The number of amides is 1. The molecule has 0 saturated carbocycles. The van der Waals surface area contributed by atoms with Gasteiger partial charge in [0, 0.05) is 5.75 Å². The third kappa shape index (κ3) is 6.25. The Morgan fingerprint density at radius 3 is 2.57 bits per heavy atom. The fourth-order valence-corrected chi connectivity index (χ4v) is 4.76. The molecule has 3 rings (SSSR count). The molecule has 1 aromatic heterocycles. The molecule has 0 aliphatic carbocycles. The summed E-state index contributed by atoms with van der Waals surface area (Å²) in [6.45, 7) is 0. The summed E-state index contributed by atoms with van der Waals surface area (Å²) in [5.74, 6) is 0.245. The monoisotopic (exact) mass is 432 g/mol. The molecule has 0 aliphatic rings. The second-order valence-electron chi connectivity index (χ2n) is 5.44. The van der Waals surface area contributed by atoms with Gasteiger partial charge in [-0.25, -0.2) is 5.43 Å². The lowest BCUT2D eigenvalue weighted by Crippen LogP contribution is -2.19. The average molecular weight is 433 g/mol. The zero-order chi connectivity index (χ0) is 19.8. The summed E-state index contributed by atoms with van der Waals surface area (Å²) in [5, 5.41) is 30.7. The maximum Gasteiger partial charge on any atom is 0.250 e. The summed E-state index contributed by atoms with van der Waals surface area (Å²) in [4.78, 5) is 11.9. The number of nitrogens with zero attached hydrogens (tertiary/aromatic N) is 3. The number of hydrogen-bond acceptors (Lipinski definition) is 9. The van der Waals surface area contributed by atoms with Crippen LogP contribution in [0.2, 0.25) is 0 Å². The zero-order valence-electron chi connectivity index (χ0n) is 14.5. The minimum Gasteiger partial charge on any atom is -0.504 e. The molecule has 7 nitrogen and oxygen atoms in total. The first-order valence-corrected chi connectivity index (χ1v) is 10.9. The lowest BCUT2D eigenvalue weighted by atomic mass is 10.2. The molecule has 0 fully saturated rings. The third-order valence-electron chi connectivity index (χ3n) is 3.32. The number of phenolic OH excluding ortho intramolecular Hbond substituents is 2. The van der Waals surface area contributed by atoms with E-state index in [1.807, 2.05) is 18.2 Å². The van der Waals surface area contributed by atoms with Crippen LogP contribution in [0.25, 0.3) is 0 Å². The largest absolute Gasteiger partial charge is 0.504 e. The van der Waals surface area contributed by atoms with Crippen LogP contribution in [0.15, 0.2) is 62.3 Å². The summed E-state index contributed by atoms with van der Waals surface area (Å²) in [7, 11) is 0. The van der Waals surface area contributed by atoms with Gasteiger partial charge in [-0.15, -0.1) is 10.2 Å². The molecule has 0 bridgehead atoms. The summed E-state index contributed by atoms with van der Waals surface area (Å²) in [6.07, 6.45) is 1.38. The number of rotatable bonds is 8. The Hall–Kier alpha value is -2.56. The van der Waals surface area contributed by atoms with Crippen LogP contribution < -0.4 is 5.43 Å². The van der Waals surface area contributed by atoms with Crippen LogP contribution in [0.4, 0.5) is 0 Å². The quantitative estimate of drug-likeness (QED) is 0.216. The van der Waals surface area contributed by atoms with E-state index >= 15 is 0 Å². The van der Waals surface area contributed by atoms with Gasteiger partial charge in [0.05, 0.1) is 12.0 Å². The molecule has 3 N–H and O–H groups in total. The number of phenols is 2. The van der Waals surface area contributed by atoms with Crippen molar-refractivity contribution in [3.05, 3.63) is 59.7 Å². The third-order valence-corrected chi connectivity index (χ3v) is 6.58. The zero-order valence-corrected chi connectivity index (χ0v) is 16.9. The number of benzene rings is 2. The van der Waals surface area contributed by atoms with E-state index in [0.717, 1.165) is 14.4 Å². The van der Waals surface area contributed by atoms with E-state index in [9.17, 15) is 15.0 Å². The van der Waals surface area contributed by atoms with Crippen LogP contribution >= 0.6 is 34.9 Å². The highest BCUT2D eigenvalue weighted by Crippen LogP contribution is 2.30. The molecule has 0 saturated heterocycles. The van der Waals surface area contributed by atoms with E-state index in [4.69, 9.17) is 0 Å². The fraction of sp³-hybridized carbons (Fsp3) is 0.111. The number of hydrazone groups is 1. The van der Waals surface area contributed by atoms with Crippen LogP contribution in [0.5, 0.6) is 11.5 Å². The molecular weight excluding hydrogens is 416 g/mol. The first-order valence-electron chi connectivity index (χ1n) is 8.07. The van der Waals surface area contributed by atoms with Crippen LogP contribution in [-0.4, -0.2) is 38.3 Å². The minimum absolute atomic E-state index is 0.163. The van der Waals surface area contributed by atoms with Gasteiger partial charge in [-0.1, -0.05) is 65.2 Å². The predicted octanol–water partition coefficient (Wildman–Crippen LogP) is 3.48. The Balaban J connectivity index is 1.41. The highest BCUT2D eigenvalue weighted by Gasteiger charge is 2.08. The van der Waals surface area contributed by atoms with Gasteiger partial charge in [-0.2, -0.15) is 5.10 Å². The smallest absolute Gasteiger partial charge is 0.250 e.